The number of carbonyl (C=O) groups is 1. The predicted octanol–water partition coefficient (Wildman–Crippen LogP) is 4.17. The smallest absolute Gasteiger partial charge is 0.407 e. The van der Waals surface area contributed by atoms with Crippen LogP contribution in [0.1, 0.15) is 70.3 Å². The van der Waals surface area contributed by atoms with Crippen molar-refractivity contribution < 1.29 is 19.7 Å². The van der Waals surface area contributed by atoms with Gasteiger partial charge in [-0.25, -0.2) is 4.79 Å². The number of hydrogen-bond acceptors (Lipinski definition) is 4. The average Bonchev–Trinajstić information content (AvgIpc) is 2.66. The molecule has 0 unspecified atom stereocenters. The van der Waals surface area contributed by atoms with Gasteiger partial charge in [-0.05, 0) is 18.4 Å². The molecule has 1 rings (SSSR count). The topological polar surface area (TPSA) is 78.8 Å². The second kappa shape index (κ2) is 14.6. The fraction of sp³-hybridized carbons (Fsp3) is 0.667. The van der Waals surface area contributed by atoms with Gasteiger partial charge in [0.2, 0.25) is 0 Å². The van der Waals surface area contributed by atoms with Crippen LogP contribution in [0.15, 0.2) is 30.3 Å². The molecule has 0 aliphatic carbocycles. The van der Waals surface area contributed by atoms with E-state index < -0.39 is 12.2 Å². The Labute approximate surface area is 157 Å². The van der Waals surface area contributed by atoms with E-state index in [1.165, 1.54) is 32.1 Å². The van der Waals surface area contributed by atoms with Crippen LogP contribution in [-0.4, -0.2) is 35.1 Å². The molecule has 0 aromatic heterocycles. The molecule has 0 saturated carbocycles. The molecule has 5 nitrogen and oxygen atoms in total. The van der Waals surface area contributed by atoms with Crippen molar-refractivity contribution in [2.24, 2.45) is 0 Å². The molecule has 0 aliphatic rings. The summed E-state index contributed by atoms with van der Waals surface area (Å²) in [4.78, 5) is 12.0. The zero-order valence-corrected chi connectivity index (χ0v) is 16.0. The van der Waals surface area contributed by atoms with Crippen LogP contribution in [0.5, 0.6) is 0 Å². The van der Waals surface area contributed by atoms with Gasteiger partial charge in [0.15, 0.2) is 0 Å². The van der Waals surface area contributed by atoms with E-state index in [1.807, 2.05) is 30.3 Å². The van der Waals surface area contributed by atoms with Crippen LogP contribution in [-0.2, 0) is 11.3 Å². The van der Waals surface area contributed by atoms with E-state index >= 15 is 0 Å². The first-order chi connectivity index (χ1) is 12.7. The number of nitrogens with one attached hydrogen (secondary N) is 1. The summed E-state index contributed by atoms with van der Waals surface area (Å²) in [6, 6.07) is 9.33. The summed E-state index contributed by atoms with van der Waals surface area (Å²) in [7, 11) is 0. The Hall–Kier alpha value is -1.59. The maximum atomic E-state index is 12.0. The number of benzene rings is 1. The Morgan fingerprint density at radius 3 is 2.38 bits per heavy atom. The average molecular weight is 366 g/mol. The highest BCUT2D eigenvalue weighted by molar-refractivity contribution is 5.67. The van der Waals surface area contributed by atoms with Crippen molar-refractivity contribution in [1.29, 1.82) is 0 Å². The summed E-state index contributed by atoms with van der Waals surface area (Å²) < 4.78 is 5.25. The van der Waals surface area contributed by atoms with E-state index in [0.717, 1.165) is 24.8 Å². The highest BCUT2D eigenvalue weighted by Gasteiger charge is 2.17. The minimum atomic E-state index is -0.820. The third kappa shape index (κ3) is 11.1. The number of aliphatic hydroxyl groups excluding tert-OH is 2. The molecule has 148 valence electrons. The van der Waals surface area contributed by atoms with Crippen LogP contribution in [0.4, 0.5) is 4.79 Å². The van der Waals surface area contributed by atoms with Gasteiger partial charge in [0.05, 0.1) is 12.7 Å². The Bertz CT molecular complexity index is 466. The minimum absolute atomic E-state index is 0.184. The normalized spacial score (nSPS) is 13.2. The summed E-state index contributed by atoms with van der Waals surface area (Å²) >= 11 is 0. The largest absolute Gasteiger partial charge is 0.445 e. The highest BCUT2D eigenvalue weighted by Crippen LogP contribution is 2.13. The summed E-state index contributed by atoms with van der Waals surface area (Å²) in [5.41, 5.74) is 0.932. The lowest BCUT2D eigenvalue weighted by Gasteiger charge is -2.20. The molecule has 0 heterocycles. The number of unbranched alkanes of at least 4 members (excludes halogenated alkanes) is 6. The number of ether oxygens (including phenoxy) is 1. The lowest BCUT2D eigenvalue weighted by atomic mass is 10.0. The minimum Gasteiger partial charge on any atom is -0.445 e. The first kappa shape index (κ1) is 22.5. The van der Waals surface area contributed by atoms with Gasteiger partial charge < -0.3 is 20.3 Å². The maximum absolute atomic E-state index is 12.0. The van der Waals surface area contributed by atoms with Crippen LogP contribution in [0.2, 0.25) is 0 Å². The molecule has 1 aromatic rings. The molecule has 2 atom stereocenters. The Kier molecular flexibility index (Phi) is 12.6. The van der Waals surface area contributed by atoms with Gasteiger partial charge in [-0.3, -0.25) is 0 Å². The number of aliphatic hydroxyl groups is 2. The molecule has 0 saturated heterocycles. The van der Waals surface area contributed by atoms with E-state index in [2.05, 4.69) is 12.2 Å². The molecule has 3 N–H and O–H groups in total. The van der Waals surface area contributed by atoms with E-state index in [0.29, 0.717) is 6.42 Å². The lowest BCUT2D eigenvalue weighted by molar-refractivity contribution is 0.0750. The fourth-order valence-corrected chi connectivity index (χ4v) is 2.93. The quantitative estimate of drug-likeness (QED) is 0.432. The van der Waals surface area contributed by atoms with E-state index in [4.69, 9.17) is 9.84 Å². The van der Waals surface area contributed by atoms with Crippen molar-refractivity contribution in [2.45, 2.75) is 83.5 Å². The SMILES string of the molecule is CCCCCCCCC[C@@H](C[C@@H](O)CO)NC(=O)OCc1ccccc1. The van der Waals surface area contributed by atoms with Crippen LogP contribution < -0.4 is 5.32 Å². The first-order valence-corrected chi connectivity index (χ1v) is 9.91. The van der Waals surface area contributed by atoms with Crippen LogP contribution in [0.3, 0.4) is 0 Å². The molecule has 1 aromatic carbocycles. The summed E-state index contributed by atoms with van der Waals surface area (Å²) in [6.07, 6.45) is 8.22. The molecular formula is C21H35NO4. The van der Waals surface area contributed by atoms with Crippen molar-refractivity contribution in [3.05, 3.63) is 35.9 Å². The second-order valence-corrected chi connectivity index (χ2v) is 6.89. The first-order valence-electron chi connectivity index (χ1n) is 9.91. The van der Waals surface area contributed by atoms with Gasteiger partial charge in [-0.1, -0.05) is 82.2 Å². The standard InChI is InChI=1S/C21H35NO4/c1-2-3-4-5-6-7-11-14-19(15-20(24)16-23)22-21(25)26-17-18-12-9-8-10-13-18/h8-10,12-13,19-20,23-24H,2-7,11,14-17H2,1H3,(H,22,25)/t19-,20+/m0/s1. The van der Waals surface area contributed by atoms with Crippen LogP contribution >= 0.6 is 0 Å². The molecule has 1 amide bonds. The Balaban J connectivity index is 2.30. The van der Waals surface area contributed by atoms with Gasteiger partial charge in [0, 0.05) is 6.04 Å². The molecule has 26 heavy (non-hydrogen) atoms. The molecule has 0 spiro atoms. The summed E-state index contributed by atoms with van der Waals surface area (Å²) in [5, 5.41) is 21.6. The predicted molar refractivity (Wildman–Crippen MR) is 104 cm³/mol. The van der Waals surface area contributed by atoms with Gasteiger partial charge in [0.25, 0.3) is 0 Å². The maximum Gasteiger partial charge on any atom is 0.407 e. The van der Waals surface area contributed by atoms with Crippen molar-refractivity contribution in [1.82, 2.24) is 5.32 Å². The molecule has 0 fully saturated rings. The van der Waals surface area contributed by atoms with Crippen molar-refractivity contribution in [2.75, 3.05) is 6.61 Å². The van der Waals surface area contributed by atoms with Gasteiger partial charge in [-0.15, -0.1) is 0 Å². The highest BCUT2D eigenvalue weighted by atomic mass is 16.5. The van der Waals surface area contributed by atoms with Crippen LogP contribution in [0, 0.1) is 0 Å². The molecular weight excluding hydrogens is 330 g/mol. The Morgan fingerprint density at radius 1 is 1.08 bits per heavy atom. The number of hydrogen-bond donors (Lipinski definition) is 3. The van der Waals surface area contributed by atoms with E-state index in [-0.39, 0.29) is 19.3 Å². The molecule has 0 radical (unpaired) electrons. The zero-order valence-electron chi connectivity index (χ0n) is 16.0. The number of amides is 1. The van der Waals surface area contributed by atoms with Gasteiger partial charge >= 0.3 is 6.09 Å². The molecule has 0 bridgehead atoms. The fourth-order valence-electron chi connectivity index (χ4n) is 2.93. The summed E-state index contributed by atoms with van der Waals surface area (Å²) in [5.74, 6) is 0. The van der Waals surface area contributed by atoms with E-state index in [1.54, 1.807) is 0 Å². The van der Waals surface area contributed by atoms with Crippen molar-refractivity contribution in [3.8, 4) is 0 Å². The number of alkyl carbamates (subject to hydrolysis) is 1. The third-order valence-electron chi connectivity index (χ3n) is 4.46. The van der Waals surface area contributed by atoms with Gasteiger partial charge in [0.1, 0.15) is 6.61 Å². The molecule has 5 heteroatoms. The number of rotatable bonds is 14. The van der Waals surface area contributed by atoms with E-state index in [9.17, 15) is 9.90 Å². The van der Waals surface area contributed by atoms with Crippen molar-refractivity contribution in [3.63, 3.8) is 0 Å². The summed E-state index contributed by atoms with van der Waals surface area (Å²) in [6.45, 7) is 2.13. The van der Waals surface area contributed by atoms with Crippen molar-refractivity contribution >= 4 is 6.09 Å². The number of carbonyl (C=O) groups excluding carboxylic acids is 1. The van der Waals surface area contributed by atoms with Gasteiger partial charge in [-0.2, -0.15) is 0 Å². The third-order valence-corrected chi connectivity index (χ3v) is 4.46. The second-order valence-electron chi connectivity index (χ2n) is 6.89. The monoisotopic (exact) mass is 365 g/mol. The van der Waals surface area contributed by atoms with Crippen LogP contribution in [0.25, 0.3) is 0 Å². The lowest BCUT2D eigenvalue weighted by Crippen LogP contribution is -2.38. The molecule has 0 aliphatic heterocycles. The Morgan fingerprint density at radius 2 is 1.73 bits per heavy atom. The zero-order chi connectivity index (χ0) is 19.0.